The van der Waals surface area contributed by atoms with E-state index in [0.29, 0.717) is 24.2 Å². The van der Waals surface area contributed by atoms with E-state index in [1.807, 2.05) is 60.7 Å². The van der Waals surface area contributed by atoms with E-state index in [1.54, 1.807) is 0 Å². The first kappa shape index (κ1) is 26.5. The SMILES string of the molecule is Cc1cccc([C@H]2[C@@H](C(=O)c3ccccc3)CN(CCN3CCOCC3)C[C@H]2C(=O)c2ccccc2)c1C. The van der Waals surface area contributed by atoms with Gasteiger partial charge in [-0.1, -0.05) is 78.9 Å². The van der Waals surface area contributed by atoms with Gasteiger partial charge >= 0.3 is 0 Å². The van der Waals surface area contributed by atoms with Crippen molar-refractivity contribution in [3.63, 3.8) is 0 Å². The van der Waals surface area contributed by atoms with Crippen molar-refractivity contribution in [1.82, 2.24) is 9.80 Å². The Bertz CT molecular complexity index is 1180. The number of Topliss-reactive ketones (excluding diaryl/α,β-unsaturated/α-hetero) is 2. The van der Waals surface area contributed by atoms with Gasteiger partial charge in [0.15, 0.2) is 11.6 Å². The number of carbonyl (C=O) groups is 2. The average molecular weight is 511 g/mol. The number of ketones is 2. The molecule has 0 radical (unpaired) electrons. The fourth-order valence-corrected chi connectivity index (χ4v) is 6.12. The Balaban J connectivity index is 1.54. The molecule has 0 spiro atoms. The first-order valence-electron chi connectivity index (χ1n) is 13.8. The molecule has 0 saturated carbocycles. The molecule has 0 amide bonds. The predicted octanol–water partition coefficient (Wildman–Crippen LogP) is 5.03. The highest BCUT2D eigenvalue weighted by molar-refractivity contribution is 6.02. The quantitative estimate of drug-likeness (QED) is 0.398. The van der Waals surface area contributed by atoms with Crippen LogP contribution in [0.2, 0.25) is 0 Å². The molecule has 3 aromatic carbocycles. The van der Waals surface area contributed by atoms with Crippen molar-refractivity contribution in [3.8, 4) is 0 Å². The summed E-state index contributed by atoms with van der Waals surface area (Å²) in [5.74, 6) is -0.560. The number of nitrogens with zero attached hydrogens (tertiary/aromatic N) is 2. The summed E-state index contributed by atoms with van der Waals surface area (Å²) in [6, 6.07) is 25.5. The van der Waals surface area contributed by atoms with Crippen molar-refractivity contribution in [2.24, 2.45) is 11.8 Å². The van der Waals surface area contributed by atoms with E-state index in [2.05, 4.69) is 41.8 Å². The maximum Gasteiger partial charge on any atom is 0.167 e. The Morgan fingerprint density at radius 2 is 1.24 bits per heavy atom. The number of benzene rings is 3. The lowest BCUT2D eigenvalue weighted by Gasteiger charge is -2.44. The second-order valence-electron chi connectivity index (χ2n) is 10.7. The third-order valence-electron chi connectivity index (χ3n) is 8.41. The van der Waals surface area contributed by atoms with Gasteiger partial charge in [-0.2, -0.15) is 0 Å². The lowest BCUT2D eigenvalue weighted by atomic mass is 9.67. The van der Waals surface area contributed by atoms with Crippen LogP contribution in [0.15, 0.2) is 78.9 Å². The number of aryl methyl sites for hydroxylation is 1. The molecule has 2 heterocycles. The molecule has 0 bridgehead atoms. The van der Waals surface area contributed by atoms with E-state index in [1.165, 1.54) is 11.1 Å². The topological polar surface area (TPSA) is 49.9 Å². The van der Waals surface area contributed by atoms with Crippen LogP contribution in [-0.4, -0.2) is 73.8 Å². The molecule has 5 heteroatoms. The van der Waals surface area contributed by atoms with Crippen LogP contribution >= 0.6 is 0 Å². The molecule has 0 aromatic heterocycles. The summed E-state index contributed by atoms with van der Waals surface area (Å²) in [6.45, 7) is 10.7. The van der Waals surface area contributed by atoms with Crippen molar-refractivity contribution in [3.05, 3.63) is 107 Å². The summed E-state index contributed by atoms with van der Waals surface area (Å²) in [4.78, 5) is 33.1. The molecule has 198 valence electrons. The maximum atomic E-state index is 14.2. The van der Waals surface area contributed by atoms with Crippen LogP contribution in [0.25, 0.3) is 0 Å². The van der Waals surface area contributed by atoms with E-state index in [0.717, 1.165) is 45.0 Å². The highest BCUT2D eigenvalue weighted by Gasteiger charge is 2.45. The third-order valence-corrected chi connectivity index (χ3v) is 8.41. The van der Waals surface area contributed by atoms with E-state index in [-0.39, 0.29) is 29.3 Å². The van der Waals surface area contributed by atoms with Crippen molar-refractivity contribution >= 4 is 11.6 Å². The Morgan fingerprint density at radius 1 is 0.711 bits per heavy atom. The zero-order valence-electron chi connectivity index (χ0n) is 22.5. The van der Waals surface area contributed by atoms with Crippen LogP contribution in [0.4, 0.5) is 0 Å². The molecular weight excluding hydrogens is 472 g/mol. The molecule has 3 aromatic rings. The molecule has 2 saturated heterocycles. The van der Waals surface area contributed by atoms with Gasteiger partial charge in [0.1, 0.15) is 0 Å². The van der Waals surface area contributed by atoms with Gasteiger partial charge in [-0.15, -0.1) is 0 Å². The van der Waals surface area contributed by atoms with Crippen LogP contribution < -0.4 is 0 Å². The smallest absolute Gasteiger partial charge is 0.167 e. The van der Waals surface area contributed by atoms with Gasteiger partial charge in [0, 0.05) is 68.1 Å². The second-order valence-corrected chi connectivity index (χ2v) is 10.7. The monoisotopic (exact) mass is 510 g/mol. The fourth-order valence-electron chi connectivity index (χ4n) is 6.12. The van der Waals surface area contributed by atoms with Crippen molar-refractivity contribution in [2.75, 3.05) is 52.5 Å². The average Bonchev–Trinajstić information content (AvgIpc) is 2.98. The fraction of sp³-hybridized carbons (Fsp3) is 0.394. The molecule has 5 rings (SSSR count). The molecule has 2 aliphatic heterocycles. The highest BCUT2D eigenvalue weighted by Crippen LogP contribution is 2.42. The Labute approximate surface area is 226 Å². The number of rotatable bonds is 8. The van der Waals surface area contributed by atoms with Crippen LogP contribution in [0.3, 0.4) is 0 Å². The standard InChI is InChI=1S/C33H38N2O3/c1-24-10-9-15-28(25(24)2)31-29(32(36)26-11-5-3-6-12-26)22-35(17-16-34-18-20-38-21-19-34)23-30(31)33(37)27-13-7-4-8-14-27/h3-15,29-31H,16-23H2,1-2H3/t29-,30+,31-. The van der Waals surface area contributed by atoms with Crippen molar-refractivity contribution in [1.29, 1.82) is 0 Å². The van der Waals surface area contributed by atoms with Gasteiger partial charge in [0.05, 0.1) is 13.2 Å². The summed E-state index contributed by atoms with van der Waals surface area (Å²) in [6.07, 6.45) is 0. The van der Waals surface area contributed by atoms with Crippen LogP contribution in [0.1, 0.15) is 43.3 Å². The Kier molecular flexibility index (Phi) is 8.48. The van der Waals surface area contributed by atoms with Gasteiger partial charge in [-0.3, -0.25) is 14.5 Å². The number of hydrogen-bond acceptors (Lipinski definition) is 5. The van der Waals surface area contributed by atoms with Crippen LogP contribution in [0.5, 0.6) is 0 Å². The summed E-state index contributed by atoms with van der Waals surface area (Å²) in [5, 5.41) is 0. The summed E-state index contributed by atoms with van der Waals surface area (Å²) in [7, 11) is 0. The van der Waals surface area contributed by atoms with Crippen LogP contribution in [-0.2, 0) is 4.74 Å². The zero-order chi connectivity index (χ0) is 26.5. The minimum Gasteiger partial charge on any atom is -0.379 e. The number of likely N-dealkylation sites (tertiary alicyclic amines) is 1. The normalized spacial score (nSPS) is 22.7. The maximum absolute atomic E-state index is 14.2. The number of ether oxygens (including phenoxy) is 1. The molecule has 3 atom stereocenters. The van der Waals surface area contributed by atoms with Crippen molar-refractivity contribution < 1.29 is 14.3 Å². The van der Waals surface area contributed by atoms with Gasteiger partial charge in [-0.05, 0) is 30.5 Å². The second kappa shape index (κ2) is 12.2. The number of morpholine rings is 1. The number of carbonyl (C=O) groups excluding carboxylic acids is 2. The number of piperidine rings is 1. The van der Waals surface area contributed by atoms with Gasteiger partial charge in [0.25, 0.3) is 0 Å². The van der Waals surface area contributed by atoms with E-state index in [4.69, 9.17) is 4.74 Å². The zero-order valence-corrected chi connectivity index (χ0v) is 22.5. The largest absolute Gasteiger partial charge is 0.379 e. The molecule has 0 N–H and O–H groups in total. The van der Waals surface area contributed by atoms with E-state index in [9.17, 15) is 9.59 Å². The molecule has 0 aliphatic carbocycles. The summed E-state index contributed by atoms with van der Waals surface area (Å²) in [5.41, 5.74) is 4.92. The van der Waals surface area contributed by atoms with Crippen LogP contribution in [0, 0.1) is 25.7 Å². The first-order chi connectivity index (χ1) is 18.5. The molecule has 38 heavy (non-hydrogen) atoms. The predicted molar refractivity (Wildman–Crippen MR) is 151 cm³/mol. The van der Waals surface area contributed by atoms with E-state index >= 15 is 0 Å². The number of hydrogen-bond donors (Lipinski definition) is 0. The first-order valence-corrected chi connectivity index (χ1v) is 13.8. The molecular formula is C33H38N2O3. The third kappa shape index (κ3) is 5.80. The highest BCUT2D eigenvalue weighted by atomic mass is 16.5. The van der Waals surface area contributed by atoms with Crippen molar-refractivity contribution in [2.45, 2.75) is 19.8 Å². The summed E-state index contributed by atoms with van der Waals surface area (Å²) < 4.78 is 5.53. The lowest BCUT2D eigenvalue weighted by Crippen LogP contribution is -2.52. The van der Waals surface area contributed by atoms with E-state index < -0.39 is 0 Å². The molecule has 5 nitrogen and oxygen atoms in total. The summed E-state index contributed by atoms with van der Waals surface area (Å²) >= 11 is 0. The molecule has 0 unspecified atom stereocenters. The Hall–Kier alpha value is -3.12. The van der Waals surface area contributed by atoms with Gasteiger partial charge in [0.2, 0.25) is 0 Å². The molecule has 2 fully saturated rings. The van der Waals surface area contributed by atoms with Gasteiger partial charge in [-0.25, -0.2) is 0 Å². The van der Waals surface area contributed by atoms with Gasteiger partial charge < -0.3 is 9.64 Å². The lowest BCUT2D eigenvalue weighted by molar-refractivity contribution is 0.0258. The minimum absolute atomic E-state index is 0.124. The Morgan fingerprint density at radius 3 is 1.79 bits per heavy atom. The molecule has 2 aliphatic rings. The minimum atomic E-state index is -0.311.